The number of halogens is 1. The monoisotopic (exact) mass is 309 g/mol. The molecule has 0 saturated carbocycles. The fourth-order valence-electron chi connectivity index (χ4n) is 0.893. The summed E-state index contributed by atoms with van der Waals surface area (Å²) < 4.78 is 32.2. The topological polar surface area (TPSA) is 71.5 Å². The van der Waals surface area contributed by atoms with Crippen LogP contribution in [0.3, 0.4) is 0 Å². The van der Waals surface area contributed by atoms with Crippen LogP contribution in [0.4, 0.5) is 5.69 Å². The van der Waals surface area contributed by atoms with Gasteiger partial charge in [0.1, 0.15) is 5.69 Å². The van der Waals surface area contributed by atoms with Crippen LogP contribution in [0.2, 0.25) is 0 Å². The molecule has 0 bridgehead atoms. The van der Waals surface area contributed by atoms with E-state index in [1.54, 1.807) is 6.07 Å². The van der Waals surface area contributed by atoms with Crippen molar-refractivity contribution in [1.82, 2.24) is 9.29 Å². The van der Waals surface area contributed by atoms with E-state index in [2.05, 4.69) is 25.6 Å². The summed E-state index contributed by atoms with van der Waals surface area (Å²) in [5.41, 5.74) is 0.283. The number of hydrogen-bond donors (Lipinski definition) is 1. The molecule has 0 spiro atoms. The zero-order chi connectivity index (χ0) is 12.3. The average Bonchev–Trinajstić information content (AvgIpc) is 2.17. The lowest BCUT2D eigenvalue weighted by Crippen LogP contribution is -2.29. The Bertz CT molecular complexity index is 475. The largest absolute Gasteiger partial charge is 0.479 e. The van der Waals surface area contributed by atoms with Gasteiger partial charge in [-0.3, -0.25) is 4.72 Å². The van der Waals surface area contributed by atoms with Gasteiger partial charge in [-0.15, -0.1) is 0 Å². The number of nitrogens with zero attached hydrogens (tertiary/aromatic N) is 2. The van der Waals surface area contributed by atoms with E-state index in [1.807, 2.05) is 0 Å². The van der Waals surface area contributed by atoms with Crippen LogP contribution < -0.4 is 9.46 Å². The molecule has 0 aliphatic carbocycles. The van der Waals surface area contributed by atoms with Crippen molar-refractivity contribution in [1.29, 1.82) is 0 Å². The Balaban J connectivity index is 3.10. The standard InChI is InChI=1S/C8H12BrN3O3S/c1-12(2)16(13,14)11-7-4-6(9)5-10-8(7)15-3/h4-5,11H,1-3H3. The first-order chi connectivity index (χ1) is 7.36. The normalized spacial score (nSPS) is 11.6. The van der Waals surface area contributed by atoms with E-state index in [4.69, 9.17) is 4.74 Å². The van der Waals surface area contributed by atoms with Gasteiger partial charge in [0, 0.05) is 24.8 Å². The van der Waals surface area contributed by atoms with Crippen LogP contribution in [0.5, 0.6) is 5.88 Å². The van der Waals surface area contributed by atoms with Crippen LogP contribution in [-0.2, 0) is 10.2 Å². The first kappa shape index (κ1) is 13.2. The Morgan fingerprint density at radius 1 is 1.50 bits per heavy atom. The summed E-state index contributed by atoms with van der Waals surface area (Å²) in [6, 6.07) is 1.58. The molecule has 0 radical (unpaired) electrons. The fourth-order valence-corrected chi connectivity index (χ4v) is 1.83. The van der Waals surface area contributed by atoms with E-state index >= 15 is 0 Å². The van der Waals surface area contributed by atoms with E-state index in [-0.39, 0.29) is 11.6 Å². The lowest BCUT2D eigenvalue weighted by Gasteiger charge is -2.14. The van der Waals surface area contributed by atoms with Crippen molar-refractivity contribution in [3.05, 3.63) is 16.7 Å². The van der Waals surface area contributed by atoms with Crippen LogP contribution in [0, 0.1) is 0 Å². The van der Waals surface area contributed by atoms with Gasteiger partial charge in [0.15, 0.2) is 0 Å². The summed E-state index contributed by atoms with van der Waals surface area (Å²) in [7, 11) is 0.724. The molecule has 0 amide bonds. The van der Waals surface area contributed by atoms with Crippen molar-refractivity contribution in [3.8, 4) is 5.88 Å². The summed E-state index contributed by atoms with van der Waals surface area (Å²) in [4.78, 5) is 3.93. The SMILES string of the molecule is COc1ncc(Br)cc1NS(=O)(=O)N(C)C. The molecule has 1 aromatic rings. The van der Waals surface area contributed by atoms with Crippen LogP contribution in [0.1, 0.15) is 0 Å². The van der Waals surface area contributed by atoms with Crippen LogP contribution >= 0.6 is 15.9 Å². The number of nitrogens with one attached hydrogen (secondary N) is 1. The van der Waals surface area contributed by atoms with E-state index in [0.29, 0.717) is 4.47 Å². The number of hydrogen-bond acceptors (Lipinski definition) is 4. The lowest BCUT2D eigenvalue weighted by molar-refractivity contribution is 0.400. The smallest absolute Gasteiger partial charge is 0.301 e. The molecule has 6 nitrogen and oxygen atoms in total. The van der Waals surface area contributed by atoms with Gasteiger partial charge in [-0.25, -0.2) is 4.98 Å². The van der Waals surface area contributed by atoms with Crippen LogP contribution in [0.25, 0.3) is 0 Å². The minimum atomic E-state index is -3.56. The van der Waals surface area contributed by atoms with Crippen molar-refractivity contribution in [2.75, 3.05) is 25.9 Å². The maximum Gasteiger partial charge on any atom is 0.301 e. The number of aromatic nitrogens is 1. The highest BCUT2D eigenvalue weighted by molar-refractivity contribution is 9.10. The minimum absolute atomic E-state index is 0.216. The molecule has 1 N–H and O–H groups in total. The molecule has 0 atom stereocenters. The quantitative estimate of drug-likeness (QED) is 0.903. The Labute approximate surface area is 103 Å². The van der Waals surface area contributed by atoms with Crippen LogP contribution in [-0.4, -0.2) is 38.9 Å². The molecule has 16 heavy (non-hydrogen) atoms. The molecular formula is C8H12BrN3O3S. The first-order valence-corrected chi connectivity index (χ1v) is 6.50. The van der Waals surface area contributed by atoms with Crippen LogP contribution in [0.15, 0.2) is 16.7 Å². The lowest BCUT2D eigenvalue weighted by atomic mass is 10.4. The predicted octanol–water partition coefficient (Wildman–Crippen LogP) is 1.07. The highest BCUT2D eigenvalue weighted by Crippen LogP contribution is 2.25. The summed E-state index contributed by atoms with van der Waals surface area (Å²) in [5, 5.41) is 0. The van der Waals surface area contributed by atoms with Gasteiger partial charge in [-0.2, -0.15) is 12.7 Å². The maximum atomic E-state index is 11.6. The van der Waals surface area contributed by atoms with Crippen molar-refractivity contribution in [3.63, 3.8) is 0 Å². The number of anilines is 1. The second-order valence-electron chi connectivity index (χ2n) is 3.10. The molecule has 0 saturated heterocycles. The molecule has 0 aliphatic heterocycles. The Hall–Kier alpha value is -0.860. The van der Waals surface area contributed by atoms with Gasteiger partial charge in [0.25, 0.3) is 0 Å². The van der Waals surface area contributed by atoms with Gasteiger partial charge in [-0.1, -0.05) is 0 Å². The molecule has 90 valence electrons. The molecule has 1 aromatic heterocycles. The Kier molecular flexibility index (Phi) is 4.11. The summed E-state index contributed by atoms with van der Waals surface area (Å²) in [5.74, 6) is 0.216. The van der Waals surface area contributed by atoms with E-state index in [1.165, 1.54) is 27.4 Å². The van der Waals surface area contributed by atoms with Gasteiger partial charge in [-0.05, 0) is 22.0 Å². The average molecular weight is 310 g/mol. The second-order valence-corrected chi connectivity index (χ2v) is 5.90. The van der Waals surface area contributed by atoms with Gasteiger partial charge in [0.2, 0.25) is 5.88 Å². The summed E-state index contributed by atoms with van der Waals surface area (Å²) in [6.45, 7) is 0. The van der Waals surface area contributed by atoms with Crippen molar-refractivity contribution in [2.45, 2.75) is 0 Å². The Morgan fingerprint density at radius 3 is 2.62 bits per heavy atom. The third-order valence-electron chi connectivity index (χ3n) is 1.73. The molecule has 0 fully saturated rings. The zero-order valence-corrected chi connectivity index (χ0v) is 11.5. The van der Waals surface area contributed by atoms with Gasteiger partial charge < -0.3 is 4.74 Å². The van der Waals surface area contributed by atoms with E-state index in [0.717, 1.165) is 4.31 Å². The third-order valence-corrected chi connectivity index (χ3v) is 3.60. The van der Waals surface area contributed by atoms with Crippen molar-refractivity contribution < 1.29 is 13.2 Å². The summed E-state index contributed by atoms with van der Waals surface area (Å²) in [6.07, 6.45) is 1.52. The first-order valence-electron chi connectivity index (χ1n) is 4.26. The number of pyridine rings is 1. The molecule has 0 aliphatic rings. The van der Waals surface area contributed by atoms with E-state index < -0.39 is 10.2 Å². The highest BCUT2D eigenvalue weighted by Gasteiger charge is 2.16. The minimum Gasteiger partial charge on any atom is -0.479 e. The maximum absolute atomic E-state index is 11.6. The molecular weight excluding hydrogens is 298 g/mol. The molecule has 1 heterocycles. The zero-order valence-electron chi connectivity index (χ0n) is 9.06. The van der Waals surface area contributed by atoms with Crippen molar-refractivity contribution in [2.24, 2.45) is 0 Å². The molecule has 1 rings (SSSR count). The fraction of sp³-hybridized carbons (Fsp3) is 0.375. The van der Waals surface area contributed by atoms with E-state index in [9.17, 15) is 8.42 Å². The second kappa shape index (κ2) is 4.98. The molecule has 0 aromatic carbocycles. The Morgan fingerprint density at radius 2 is 2.12 bits per heavy atom. The summed E-state index contributed by atoms with van der Waals surface area (Å²) >= 11 is 3.20. The number of methoxy groups -OCH3 is 1. The third kappa shape index (κ3) is 3.06. The van der Waals surface area contributed by atoms with Gasteiger partial charge in [0.05, 0.1) is 7.11 Å². The molecule has 0 unspecified atom stereocenters. The number of ether oxygens (including phenoxy) is 1. The van der Waals surface area contributed by atoms with Gasteiger partial charge >= 0.3 is 10.2 Å². The molecule has 8 heteroatoms. The van der Waals surface area contributed by atoms with Crippen molar-refractivity contribution >= 4 is 31.8 Å². The number of rotatable bonds is 4. The highest BCUT2D eigenvalue weighted by atomic mass is 79.9. The predicted molar refractivity (Wildman–Crippen MR) is 64.7 cm³/mol.